The van der Waals surface area contributed by atoms with Gasteiger partial charge >= 0.3 is 11.7 Å². The predicted octanol–water partition coefficient (Wildman–Crippen LogP) is 1.58. The number of carbonyl (C=O) groups is 1. The molecule has 0 atom stereocenters. The second-order valence-corrected chi connectivity index (χ2v) is 4.51. The number of aromatic nitrogens is 2. The van der Waals surface area contributed by atoms with Crippen molar-refractivity contribution < 1.29 is 9.90 Å². The summed E-state index contributed by atoms with van der Waals surface area (Å²) < 4.78 is 1.59. The zero-order valence-electron chi connectivity index (χ0n) is 11.4. The lowest BCUT2D eigenvalue weighted by molar-refractivity contribution is -0.136. The van der Waals surface area contributed by atoms with E-state index in [1.165, 1.54) is 0 Å². The van der Waals surface area contributed by atoms with Gasteiger partial charge in [-0.3, -0.25) is 9.36 Å². The molecule has 5 heteroatoms. The molecule has 0 aliphatic heterocycles. The van der Waals surface area contributed by atoms with Crippen molar-refractivity contribution in [2.75, 3.05) is 0 Å². The number of nitrogens with zero attached hydrogens (tertiary/aromatic N) is 2. The molecule has 1 aromatic rings. The third-order valence-electron chi connectivity index (χ3n) is 2.94. The molecule has 0 radical (unpaired) electrons. The highest BCUT2D eigenvalue weighted by molar-refractivity contribution is 5.71. The van der Waals surface area contributed by atoms with Crippen LogP contribution in [-0.2, 0) is 24.1 Å². The van der Waals surface area contributed by atoms with E-state index in [0.29, 0.717) is 24.1 Å². The minimum absolute atomic E-state index is 0.0154. The maximum atomic E-state index is 12.0. The van der Waals surface area contributed by atoms with Gasteiger partial charge in [0.25, 0.3) is 0 Å². The maximum absolute atomic E-state index is 12.0. The monoisotopic (exact) mass is 252 g/mol. The lowest BCUT2D eigenvalue weighted by Gasteiger charge is -2.19. The summed E-state index contributed by atoms with van der Waals surface area (Å²) in [5, 5.41) is 8.99. The fourth-order valence-corrected chi connectivity index (χ4v) is 2.23. The summed E-state index contributed by atoms with van der Waals surface area (Å²) in [6.07, 6.45) is 1.13. The lowest BCUT2D eigenvalue weighted by atomic mass is 10.0. The largest absolute Gasteiger partial charge is 0.481 e. The number of carboxylic acid groups (broad SMARTS) is 1. The fourth-order valence-electron chi connectivity index (χ4n) is 2.23. The van der Waals surface area contributed by atoms with Crippen LogP contribution in [0.5, 0.6) is 0 Å². The quantitative estimate of drug-likeness (QED) is 0.863. The normalized spacial score (nSPS) is 10.9. The highest BCUT2D eigenvalue weighted by atomic mass is 16.4. The Morgan fingerprint density at radius 3 is 2.33 bits per heavy atom. The van der Waals surface area contributed by atoms with Crippen LogP contribution in [0.15, 0.2) is 4.79 Å². The van der Waals surface area contributed by atoms with Crippen molar-refractivity contribution in [3.05, 3.63) is 27.4 Å². The van der Waals surface area contributed by atoms with Gasteiger partial charge in [-0.15, -0.1) is 0 Å². The summed E-state index contributed by atoms with van der Waals surface area (Å²) in [6, 6.07) is -0.0154. The highest BCUT2D eigenvalue weighted by Crippen LogP contribution is 2.17. The molecule has 18 heavy (non-hydrogen) atoms. The third kappa shape index (κ3) is 2.78. The molecule has 0 amide bonds. The Hall–Kier alpha value is -1.65. The molecule has 0 saturated heterocycles. The van der Waals surface area contributed by atoms with Crippen molar-refractivity contribution in [3.8, 4) is 0 Å². The van der Waals surface area contributed by atoms with Crippen molar-refractivity contribution in [3.63, 3.8) is 0 Å². The van der Waals surface area contributed by atoms with E-state index in [2.05, 4.69) is 4.98 Å². The molecule has 0 aliphatic carbocycles. The summed E-state index contributed by atoms with van der Waals surface area (Å²) >= 11 is 0. The number of hydrogen-bond donors (Lipinski definition) is 1. The molecular weight excluding hydrogens is 232 g/mol. The molecule has 0 spiro atoms. The predicted molar refractivity (Wildman–Crippen MR) is 69.0 cm³/mol. The molecule has 0 aliphatic rings. The second-order valence-electron chi connectivity index (χ2n) is 4.51. The average molecular weight is 252 g/mol. The van der Waals surface area contributed by atoms with Gasteiger partial charge in [0.2, 0.25) is 0 Å². The van der Waals surface area contributed by atoms with E-state index in [1.807, 2.05) is 27.7 Å². The van der Waals surface area contributed by atoms with Crippen molar-refractivity contribution in [2.24, 2.45) is 0 Å². The van der Waals surface area contributed by atoms with Crippen LogP contribution in [-0.4, -0.2) is 20.6 Å². The smallest absolute Gasteiger partial charge is 0.348 e. The molecule has 1 aromatic heterocycles. The SMILES string of the molecule is CCc1nc(=O)n(C(C)C)c(CC)c1CC(=O)O. The Morgan fingerprint density at radius 1 is 1.33 bits per heavy atom. The first-order valence-electron chi connectivity index (χ1n) is 6.27. The van der Waals surface area contributed by atoms with Gasteiger partial charge in [0.1, 0.15) is 0 Å². The van der Waals surface area contributed by atoms with Crippen LogP contribution in [0.4, 0.5) is 0 Å². The van der Waals surface area contributed by atoms with Crippen LogP contribution in [0.2, 0.25) is 0 Å². The molecule has 0 bridgehead atoms. The summed E-state index contributed by atoms with van der Waals surface area (Å²) in [6.45, 7) is 7.61. The molecule has 5 nitrogen and oxygen atoms in total. The van der Waals surface area contributed by atoms with E-state index in [9.17, 15) is 9.59 Å². The van der Waals surface area contributed by atoms with Crippen molar-refractivity contribution in [2.45, 2.75) is 53.0 Å². The number of carboxylic acids is 1. The van der Waals surface area contributed by atoms with Gasteiger partial charge in [-0.05, 0) is 26.7 Å². The summed E-state index contributed by atoms with van der Waals surface area (Å²) in [7, 11) is 0. The van der Waals surface area contributed by atoms with Crippen molar-refractivity contribution >= 4 is 5.97 Å². The summed E-state index contributed by atoms with van der Waals surface area (Å²) in [4.78, 5) is 26.9. The number of rotatable bonds is 5. The van der Waals surface area contributed by atoms with E-state index in [-0.39, 0.29) is 18.2 Å². The van der Waals surface area contributed by atoms with Crippen LogP contribution in [0.1, 0.15) is 50.7 Å². The van der Waals surface area contributed by atoms with E-state index >= 15 is 0 Å². The number of aryl methyl sites for hydroxylation is 1. The van der Waals surface area contributed by atoms with E-state index in [4.69, 9.17) is 5.11 Å². The van der Waals surface area contributed by atoms with E-state index in [1.54, 1.807) is 4.57 Å². The summed E-state index contributed by atoms with van der Waals surface area (Å²) in [5.41, 5.74) is 1.81. The van der Waals surface area contributed by atoms with Gasteiger partial charge in [-0.1, -0.05) is 13.8 Å². The Morgan fingerprint density at radius 2 is 1.94 bits per heavy atom. The van der Waals surface area contributed by atoms with Gasteiger partial charge in [0.15, 0.2) is 0 Å². The first-order valence-corrected chi connectivity index (χ1v) is 6.27. The number of aliphatic carboxylic acids is 1. The Labute approximate surface area is 106 Å². The van der Waals surface area contributed by atoms with Gasteiger partial charge in [0.05, 0.1) is 12.1 Å². The first-order chi connectivity index (χ1) is 8.42. The van der Waals surface area contributed by atoms with Crippen LogP contribution < -0.4 is 5.69 Å². The van der Waals surface area contributed by atoms with Gasteiger partial charge in [-0.25, -0.2) is 4.79 Å². The minimum Gasteiger partial charge on any atom is -0.481 e. The van der Waals surface area contributed by atoms with Gasteiger partial charge < -0.3 is 5.11 Å². The van der Waals surface area contributed by atoms with Crippen molar-refractivity contribution in [1.29, 1.82) is 0 Å². The minimum atomic E-state index is -0.893. The maximum Gasteiger partial charge on any atom is 0.348 e. The molecule has 1 heterocycles. The fraction of sp³-hybridized carbons (Fsp3) is 0.615. The zero-order chi connectivity index (χ0) is 13.9. The Bertz CT molecular complexity index is 504. The topological polar surface area (TPSA) is 72.2 Å². The van der Waals surface area contributed by atoms with Crippen LogP contribution in [0.3, 0.4) is 0 Å². The van der Waals surface area contributed by atoms with Gasteiger partial charge in [0, 0.05) is 17.3 Å². The lowest BCUT2D eigenvalue weighted by Crippen LogP contribution is -2.31. The molecular formula is C13H20N2O3. The molecule has 0 unspecified atom stereocenters. The molecule has 1 rings (SSSR count). The second kappa shape index (κ2) is 5.80. The standard InChI is InChI=1S/C13H20N2O3/c1-5-10-9(7-12(16)17)11(6-2)15(8(3)4)13(18)14-10/h8H,5-7H2,1-4H3,(H,16,17). The van der Waals surface area contributed by atoms with Crippen molar-refractivity contribution in [1.82, 2.24) is 9.55 Å². The van der Waals surface area contributed by atoms with Crippen LogP contribution >= 0.6 is 0 Å². The van der Waals surface area contributed by atoms with Gasteiger partial charge in [-0.2, -0.15) is 4.98 Å². The van der Waals surface area contributed by atoms with Crippen LogP contribution in [0, 0.1) is 0 Å². The zero-order valence-corrected chi connectivity index (χ0v) is 11.4. The molecule has 1 N–H and O–H groups in total. The van der Waals surface area contributed by atoms with E-state index < -0.39 is 5.97 Å². The third-order valence-corrected chi connectivity index (χ3v) is 2.94. The highest BCUT2D eigenvalue weighted by Gasteiger charge is 2.18. The average Bonchev–Trinajstić information content (AvgIpc) is 2.28. The first kappa shape index (κ1) is 14.4. The number of hydrogen-bond acceptors (Lipinski definition) is 3. The summed E-state index contributed by atoms with van der Waals surface area (Å²) in [5.74, 6) is -0.893. The molecule has 0 aromatic carbocycles. The molecule has 100 valence electrons. The van der Waals surface area contributed by atoms with Crippen LogP contribution in [0.25, 0.3) is 0 Å². The molecule has 0 fully saturated rings. The molecule has 0 saturated carbocycles. The Kier molecular flexibility index (Phi) is 4.64. The Balaban J connectivity index is 3.58. The van der Waals surface area contributed by atoms with E-state index in [0.717, 1.165) is 5.69 Å².